The molecule has 6 nitrogen and oxygen atoms in total. The molecule has 2 fully saturated rings. The largest absolute Gasteiger partial charge is 0.504 e. The lowest BCUT2D eigenvalue weighted by Crippen LogP contribution is -2.74. The van der Waals surface area contributed by atoms with Crippen LogP contribution < -0.4 is 10.5 Å². The lowest BCUT2D eigenvalue weighted by atomic mass is 9.49. The van der Waals surface area contributed by atoms with E-state index in [-0.39, 0.29) is 17.9 Å². The minimum Gasteiger partial charge on any atom is -0.504 e. The number of phenolic OH excluding ortho intramolecular Hbond substituents is 1. The van der Waals surface area contributed by atoms with E-state index in [2.05, 4.69) is 39.8 Å². The summed E-state index contributed by atoms with van der Waals surface area (Å²) in [6.45, 7) is 3.75. The summed E-state index contributed by atoms with van der Waals surface area (Å²) < 4.78 is 9.37. The Morgan fingerprint density at radius 1 is 1.05 bits per heavy atom. The van der Waals surface area contributed by atoms with Crippen molar-refractivity contribution in [2.24, 2.45) is 11.7 Å². The number of benzene rings is 2. The molecule has 1 spiro atoms. The maximum Gasteiger partial charge on any atom is 0.166 e. The van der Waals surface area contributed by atoms with Gasteiger partial charge in [0, 0.05) is 42.0 Å². The van der Waals surface area contributed by atoms with Crippen molar-refractivity contribution in [2.45, 2.75) is 87.5 Å². The Kier molecular flexibility index (Phi) is 5.06. The number of hydrogen-bond acceptors (Lipinski definition) is 5. The second-order valence-corrected chi connectivity index (χ2v) is 12.7. The first kappa shape index (κ1) is 23.4. The molecule has 200 valence electrons. The van der Waals surface area contributed by atoms with Crippen molar-refractivity contribution in [2.75, 3.05) is 19.6 Å². The van der Waals surface area contributed by atoms with E-state index in [0.29, 0.717) is 12.2 Å². The lowest BCUT2D eigenvalue weighted by Gasteiger charge is -2.63. The molecule has 2 aromatic carbocycles. The van der Waals surface area contributed by atoms with Crippen LogP contribution in [0.5, 0.6) is 11.5 Å². The van der Waals surface area contributed by atoms with E-state index in [1.807, 2.05) is 0 Å². The number of aliphatic hydroxyl groups is 1. The van der Waals surface area contributed by atoms with E-state index >= 15 is 0 Å². The first-order valence-corrected chi connectivity index (χ1v) is 14.9. The molecule has 4 atom stereocenters. The number of piperidine rings is 1. The Hall–Kier alpha value is -2.54. The summed E-state index contributed by atoms with van der Waals surface area (Å²) in [5.41, 5.74) is 10.3. The van der Waals surface area contributed by atoms with Gasteiger partial charge in [0.05, 0.1) is 16.7 Å². The molecule has 0 amide bonds. The third-order valence-electron chi connectivity index (χ3n) is 10.7. The summed E-state index contributed by atoms with van der Waals surface area (Å²) >= 11 is 0. The average molecular weight is 514 g/mol. The quantitative estimate of drug-likeness (QED) is 0.385. The fourth-order valence-electron chi connectivity index (χ4n) is 8.81. The van der Waals surface area contributed by atoms with Gasteiger partial charge >= 0.3 is 0 Å². The molecule has 1 saturated heterocycles. The molecule has 2 aliphatic heterocycles. The highest BCUT2D eigenvalue weighted by Crippen LogP contribution is 2.69. The molecule has 1 saturated carbocycles. The number of rotatable bonds is 8. The van der Waals surface area contributed by atoms with Gasteiger partial charge in [-0.05, 0) is 80.8 Å². The second kappa shape index (κ2) is 8.23. The Balaban J connectivity index is 1.32. The minimum atomic E-state index is -0.931. The van der Waals surface area contributed by atoms with Gasteiger partial charge in [0.25, 0.3) is 0 Å². The van der Waals surface area contributed by atoms with Crippen molar-refractivity contribution >= 4 is 10.9 Å². The number of unbranched alkanes of at least 4 members (excludes halogenated alkanes) is 3. The SMILES string of the molecule is NCCCCCCn1c2c(c3ccccc31)C[C@@]1(O)[C@H]3Cc4ccc(O)c5c4[C@@]1(CCN3CC1CC1)[C@H]2O5. The van der Waals surface area contributed by atoms with E-state index in [9.17, 15) is 10.2 Å². The van der Waals surface area contributed by atoms with Gasteiger partial charge in [0.2, 0.25) is 0 Å². The van der Waals surface area contributed by atoms with Gasteiger partial charge in [-0.2, -0.15) is 0 Å². The molecule has 3 aliphatic carbocycles. The van der Waals surface area contributed by atoms with Crippen molar-refractivity contribution in [3.05, 3.63) is 58.8 Å². The van der Waals surface area contributed by atoms with Gasteiger partial charge < -0.3 is 25.3 Å². The number of nitrogens with two attached hydrogens (primary N) is 1. The molecule has 1 aromatic heterocycles. The Labute approximate surface area is 224 Å². The number of para-hydroxylation sites is 1. The van der Waals surface area contributed by atoms with Crippen LogP contribution in [0.4, 0.5) is 0 Å². The van der Waals surface area contributed by atoms with E-state index in [1.165, 1.54) is 40.6 Å². The number of nitrogens with zero attached hydrogens (tertiary/aromatic N) is 2. The molecule has 0 radical (unpaired) electrons. The molecular weight excluding hydrogens is 474 g/mol. The number of fused-ring (bicyclic) bond motifs is 4. The maximum atomic E-state index is 13.1. The first-order valence-electron chi connectivity index (χ1n) is 14.9. The smallest absolute Gasteiger partial charge is 0.166 e. The van der Waals surface area contributed by atoms with Crippen LogP contribution in [0.1, 0.15) is 73.4 Å². The molecular formula is C32H39N3O3. The topological polar surface area (TPSA) is 83.9 Å². The summed E-state index contributed by atoms with van der Waals surface area (Å²) in [5, 5.41) is 25.3. The van der Waals surface area contributed by atoms with E-state index in [1.54, 1.807) is 6.07 Å². The zero-order valence-corrected chi connectivity index (χ0v) is 22.2. The monoisotopic (exact) mass is 513 g/mol. The van der Waals surface area contributed by atoms with Gasteiger partial charge in [-0.3, -0.25) is 4.90 Å². The van der Waals surface area contributed by atoms with Crippen LogP contribution >= 0.6 is 0 Å². The average Bonchev–Trinajstić information content (AvgIpc) is 3.59. The van der Waals surface area contributed by atoms with Crippen LogP contribution in [0.2, 0.25) is 0 Å². The molecule has 6 heteroatoms. The number of ether oxygens (including phenoxy) is 1. The van der Waals surface area contributed by atoms with Gasteiger partial charge in [0.1, 0.15) is 0 Å². The van der Waals surface area contributed by atoms with Crippen LogP contribution in [0.3, 0.4) is 0 Å². The van der Waals surface area contributed by atoms with E-state index < -0.39 is 11.0 Å². The molecule has 3 heterocycles. The standard InChI is InChI=1S/C32H39N3O3/c33-14-5-1-2-6-15-35-24-8-4-3-7-22(24)23-18-32(37)26-17-21-11-12-25(36)29-27(21)31(32,30(38-29)28(23)35)13-16-34(26)19-20-9-10-20/h3-4,7-8,11-12,20,26,30,36-37H,1-2,5-6,9-10,13-19,33H2/t26-,30+,31+,32-/m1/s1. The fraction of sp³-hybridized carbons (Fsp3) is 0.562. The molecule has 5 aliphatic rings. The minimum absolute atomic E-state index is 0.0671. The third kappa shape index (κ3) is 2.94. The number of likely N-dealkylation sites (tertiary alicyclic amines) is 1. The number of phenols is 1. The number of aromatic hydroxyl groups is 1. The normalized spacial score (nSPS) is 30.8. The summed E-state index contributed by atoms with van der Waals surface area (Å²) in [5.74, 6) is 1.60. The van der Waals surface area contributed by atoms with Crippen LogP contribution in [-0.2, 0) is 24.8 Å². The molecule has 2 bridgehead atoms. The summed E-state index contributed by atoms with van der Waals surface area (Å²) in [6.07, 6.45) is 9.14. The van der Waals surface area contributed by atoms with Crippen molar-refractivity contribution in [3.63, 3.8) is 0 Å². The highest BCUT2D eigenvalue weighted by atomic mass is 16.5. The van der Waals surface area contributed by atoms with Gasteiger partial charge in [0.15, 0.2) is 17.6 Å². The van der Waals surface area contributed by atoms with Crippen LogP contribution in [-0.4, -0.2) is 51.0 Å². The second-order valence-electron chi connectivity index (χ2n) is 12.7. The highest BCUT2D eigenvalue weighted by molar-refractivity contribution is 5.87. The maximum absolute atomic E-state index is 13.1. The zero-order chi connectivity index (χ0) is 25.6. The predicted molar refractivity (Wildman–Crippen MR) is 148 cm³/mol. The fourth-order valence-corrected chi connectivity index (χ4v) is 8.81. The number of aryl methyl sites for hydroxylation is 1. The molecule has 8 rings (SSSR count). The van der Waals surface area contributed by atoms with Crippen molar-refractivity contribution in [1.29, 1.82) is 0 Å². The zero-order valence-electron chi connectivity index (χ0n) is 22.2. The summed E-state index contributed by atoms with van der Waals surface area (Å²) in [6, 6.07) is 12.7. The van der Waals surface area contributed by atoms with E-state index in [4.69, 9.17) is 10.5 Å². The third-order valence-corrected chi connectivity index (χ3v) is 10.7. The van der Waals surface area contributed by atoms with E-state index in [0.717, 1.165) is 76.2 Å². The van der Waals surface area contributed by atoms with Crippen LogP contribution in [0.15, 0.2) is 36.4 Å². The molecule has 4 N–H and O–H groups in total. The predicted octanol–water partition coefficient (Wildman–Crippen LogP) is 4.57. The van der Waals surface area contributed by atoms with Crippen molar-refractivity contribution in [3.8, 4) is 11.5 Å². The van der Waals surface area contributed by atoms with Gasteiger partial charge in [-0.25, -0.2) is 0 Å². The first-order chi connectivity index (χ1) is 18.6. The highest BCUT2D eigenvalue weighted by Gasteiger charge is 2.73. The molecule has 3 aromatic rings. The Morgan fingerprint density at radius 3 is 2.74 bits per heavy atom. The molecule has 38 heavy (non-hydrogen) atoms. The summed E-state index contributed by atoms with van der Waals surface area (Å²) in [7, 11) is 0. The Morgan fingerprint density at radius 2 is 1.89 bits per heavy atom. The number of aromatic nitrogens is 1. The van der Waals surface area contributed by atoms with Gasteiger partial charge in [-0.15, -0.1) is 0 Å². The summed E-state index contributed by atoms with van der Waals surface area (Å²) in [4.78, 5) is 2.61. The van der Waals surface area contributed by atoms with Crippen molar-refractivity contribution in [1.82, 2.24) is 9.47 Å². The molecule has 0 unspecified atom stereocenters. The lowest BCUT2D eigenvalue weighted by molar-refractivity contribution is -0.173. The van der Waals surface area contributed by atoms with Crippen LogP contribution in [0, 0.1) is 5.92 Å². The number of hydrogen-bond donors (Lipinski definition) is 3. The van der Waals surface area contributed by atoms with Gasteiger partial charge in [-0.1, -0.05) is 37.1 Å². The Bertz CT molecular complexity index is 1430. The van der Waals surface area contributed by atoms with Crippen molar-refractivity contribution < 1.29 is 14.9 Å². The van der Waals surface area contributed by atoms with Crippen LogP contribution in [0.25, 0.3) is 10.9 Å².